The van der Waals surface area contributed by atoms with E-state index in [-0.39, 0.29) is 5.41 Å². The Bertz CT molecular complexity index is 399. The fraction of sp³-hybridized carbons (Fsp3) is 0.625. The van der Waals surface area contributed by atoms with Crippen molar-refractivity contribution in [1.82, 2.24) is 0 Å². The van der Waals surface area contributed by atoms with Gasteiger partial charge in [0.2, 0.25) is 0 Å². The second kappa shape index (κ2) is 5.98. The van der Waals surface area contributed by atoms with Crippen molar-refractivity contribution in [3.05, 3.63) is 24.0 Å². The van der Waals surface area contributed by atoms with Crippen LogP contribution < -0.4 is 0 Å². The Hall–Kier alpha value is -1.32. The lowest BCUT2D eigenvalue weighted by atomic mass is 9.80. The molecule has 0 aromatic heterocycles. The summed E-state index contributed by atoms with van der Waals surface area (Å²) in [6, 6.07) is 0. The minimum atomic E-state index is -1.23. The van der Waals surface area contributed by atoms with E-state index in [2.05, 4.69) is 27.2 Å². The van der Waals surface area contributed by atoms with Gasteiger partial charge in [-0.3, -0.25) is 9.59 Å². The zero-order chi connectivity index (χ0) is 15.6. The first-order valence-corrected chi connectivity index (χ1v) is 6.74. The van der Waals surface area contributed by atoms with Gasteiger partial charge in [-0.15, -0.1) is 0 Å². The van der Waals surface area contributed by atoms with Crippen LogP contribution in [0.25, 0.3) is 0 Å². The molecular weight excluding hydrogens is 256 g/mol. The largest absolute Gasteiger partial charge is 0.468 e. The molecular formula is C16H24O4. The van der Waals surface area contributed by atoms with Gasteiger partial charge in [-0.2, -0.15) is 0 Å². The van der Waals surface area contributed by atoms with Crippen LogP contribution in [0.15, 0.2) is 11.6 Å². The topological polar surface area (TPSA) is 52.6 Å². The molecule has 2 radical (unpaired) electrons. The average molecular weight is 280 g/mol. The molecule has 4 heteroatoms. The molecule has 112 valence electrons. The van der Waals surface area contributed by atoms with Crippen LogP contribution >= 0.6 is 0 Å². The van der Waals surface area contributed by atoms with Gasteiger partial charge in [-0.05, 0) is 31.6 Å². The van der Waals surface area contributed by atoms with Gasteiger partial charge in [0, 0.05) is 5.92 Å². The van der Waals surface area contributed by atoms with Crippen molar-refractivity contribution in [2.24, 2.45) is 10.8 Å². The van der Waals surface area contributed by atoms with Gasteiger partial charge in [0.05, 0.1) is 14.2 Å². The predicted molar refractivity (Wildman–Crippen MR) is 76.5 cm³/mol. The third-order valence-corrected chi connectivity index (χ3v) is 3.50. The van der Waals surface area contributed by atoms with E-state index in [1.807, 2.05) is 13.0 Å². The van der Waals surface area contributed by atoms with Crippen molar-refractivity contribution in [2.45, 2.75) is 40.5 Å². The van der Waals surface area contributed by atoms with E-state index in [9.17, 15) is 9.59 Å². The Morgan fingerprint density at radius 1 is 1.10 bits per heavy atom. The number of carbonyl (C=O) groups is 2. The van der Waals surface area contributed by atoms with E-state index in [1.54, 1.807) is 0 Å². The molecule has 1 aliphatic rings. The molecule has 0 spiro atoms. The van der Waals surface area contributed by atoms with E-state index < -0.39 is 17.4 Å². The van der Waals surface area contributed by atoms with Crippen molar-refractivity contribution in [3.8, 4) is 0 Å². The number of rotatable bonds is 3. The zero-order valence-corrected chi connectivity index (χ0v) is 13.2. The second-order valence-corrected chi connectivity index (χ2v) is 6.27. The molecule has 0 amide bonds. The summed E-state index contributed by atoms with van der Waals surface area (Å²) in [5, 5.41) is 0. The summed E-state index contributed by atoms with van der Waals surface area (Å²) in [6.45, 7) is 8.17. The Morgan fingerprint density at radius 2 is 1.60 bits per heavy atom. The summed E-state index contributed by atoms with van der Waals surface area (Å²) in [5.74, 6) is -0.0298. The fourth-order valence-corrected chi connectivity index (χ4v) is 2.66. The first kappa shape index (κ1) is 16.7. The number of hydrogen-bond donors (Lipinski definition) is 0. The minimum absolute atomic E-state index is 0.0219. The lowest BCUT2D eigenvalue weighted by Crippen LogP contribution is -2.39. The minimum Gasteiger partial charge on any atom is -0.468 e. The molecule has 1 saturated carbocycles. The molecule has 0 heterocycles. The molecule has 1 fully saturated rings. The molecule has 0 aliphatic heterocycles. The maximum absolute atomic E-state index is 12.1. The predicted octanol–water partition coefficient (Wildman–Crippen LogP) is 2.88. The normalized spacial score (nSPS) is 21.0. The van der Waals surface area contributed by atoms with Gasteiger partial charge < -0.3 is 9.47 Å². The van der Waals surface area contributed by atoms with Gasteiger partial charge in [0.1, 0.15) is 0 Å². The van der Waals surface area contributed by atoms with E-state index in [4.69, 9.17) is 9.47 Å². The van der Waals surface area contributed by atoms with Crippen LogP contribution in [0.5, 0.6) is 0 Å². The molecule has 1 rings (SSSR count). The van der Waals surface area contributed by atoms with Crippen LogP contribution in [0.1, 0.15) is 40.5 Å². The number of methoxy groups -OCH3 is 2. The van der Waals surface area contributed by atoms with Gasteiger partial charge in [0.25, 0.3) is 0 Å². The quantitative estimate of drug-likeness (QED) is 0.589. The summed E-state index contributed by atoms with van der Waals surface area (Å²) in [7, 11) is 2.60. The molecule has 20 heavy (non-hydrogen) atoms. The molecule has 0 atom stereocenters. The van der Waals surface area contributed by atoms with Crippen LogP contribution in [-0.4, -0.2) is 26.2 Å². The standard InChI is InChI=1S/C16H24O4/c1-7-11-9-16(13(17)19-5,14(18)20-6)10-12(11)8-15(2,3)4/h7-8H,9-10H2,1-6H3/b11-7+. The molecule has 4 nitrogen and oxygen atoms in total. The van der Waals surface area contributed by atoms with Crippen LogP contribution in [0, 0.1) is 23.2 Å². The molecule has 0 unspecified atom stereocenters. The Morgan fingerprint density at radius 3 is 1.95 bits per heavy atom. The summed E-state index contributed by atoms with van der Waals surface area (Å²) in [4.78, 5) is 24.3. The molecule has 0 N–H and O–H groups in total. The highest BCUT2D eigenvalue weighted by Crippen LogP contribution is 2.51. The summed E-state index contributed by atoms with van der Waals surface area (Å²) < 4.78 is 9.68. The lowest BCUT2D eigenvalue weighted by Gasteiger charge is -2.25. The van der Waals surface area contributed by atoms with E-state index in [0.29, 0.717) is 12.8 Å². The van der Waals surface area contributed by atoms with Crippen molar-refractivity contribution in [2.75, 3.05) is 14.2 Å². The fourth-order valence-electron chi connectivity index (χ4n) is 2.66. The Kier molecular flexibility index (Phi) is 5.00. The number of esters is 2. The molecule has 1 aliphatic carbocycles. The number of hydrogen-bond acceptors (Lipinski definition) is 4. The van der Waals surface area contributed by atoms with Crippen molar-refractivity contribution in [3.63, 3.8) is 0 Å². The highest BCUT2D eigenvalue weighted by atomic mass is 16.5. The van der Waals surface area contributed by atoms with E-state index in [0.717, 1.165) is 11.5 Å². The van der Waals surface area contributed by atoms with Gasteiger partial charge in [0.15, 0.2) is 5.41 Å². The van der Waals surface area contributed by atoms with Gasteiger partial charge in [-0.1, -0.05) is 32.4 Å². The van der Waals surface area contributed by atoms with Crippen LogP contribution in [0.3, 0.4) is 0 Å². The summed E-state index contributed by atoms with van der Waals surface area (Å²) in [5.41, 5.74) is -0.246. The van der Waals surface area contributed by atoms with E-state index in [1.165, 1.54) is 14.2 Å². The van der Waals surface area contributed by atoms with E-state index >= 15 is 0 Å². The van der Waals surface area contributed by atoms with Crippen molar-refractivity contribution in [1.29, 1.82) is 0 Å². The van der Waals surface area contributed by atoms with Crippen LogP contribution in [0.4, 0.5) is 0 Å². The highest BCUT2D eigenvalue weighted by molar-refractivity contribution is 6.01. The first-order chi connectivity index (χ1) is 9.20. The van der Waals surface area contributed by atoms with Gasteiger partial charge >= 0.3 is 11.9 Å². The number of ether oxygens (including phenoxy) is 2. The lowest BCUT2D eigenvalue weighted by molar-refractivity contribution is -0.168. The summed E-state index contributed by atoms with van der Waals surface area (Å²) >= 11 is 0. The monoisotopic (exact) mass is 280 g/mol. The molecule has 0 bridgehead atoms. The number of carbonyl (C=O) groups excluding carboxylic acids is 2. The Labute approximate surface area is 121 Å². The zero-order valence-electron chi connectivity index (χ0n) is 13.2. The van der Waals surface area contributed by atoms with Crippen LogP contribution in [0.2, 0.25) is 0 Å². The average Bonchev–Trinajstić information content (AvgIpc) is 2.74. The Balaban J connectivity index is 3.13. The number of allylic oxidation sites excluding steroid dienone is 2. The SMILES string of the molecule is C/C=C1\CC(C(=O)OC)(C(=O)OC)C[C]1[CH]C(C)(C)C. The molecule has 0 aromatic rings. The third kappa shape index (κ3) is 3.22. The summed E-state index contributed by atoms with van der Waals surface area (Å²) in [6.07, 6.45) is 4.73. The van der Waals surface area contributed by atoms with Crippen molar-refractivity contribution < 1.29 is 19.1 Å². The van der Waals surface area contributed by atoms with Crippen LogP contribution in [-0.2, 0) is 19.1 Å². The van der Waals surface area contributed by atoms with Crippen molar-refractivity contribution >= 4 is 11.9 Å². The molecule has 0 aromatic carbocycles. The first-order valence-electron chi connectivity index (χ1n) is 6.74. The van der Waals surface area contributed by atoms with Gasteiger partial charge in [-0.25, -0.2) is 0 Å². The third-order valence-electron chi connectivity index (χ3n) is 3.50. The highest BCUT2D eigenvalue weighted by Gasteiger charge is 2.55. The maximum Gasteiger partial charge on any atom is 0.323 e. The smallest absolute Gasteiger partial charge is 0.323 e. The molecule has 0 saturated heterocycles. The maximum atomic E-state index is 12.1. The second-order valence-electron chi connectivity index (χ2n) is 6.27.